The minimum atomic E-state index is -4.97. The first kappa shape index (κ1) is 103. The number of phosphoric ester groups is 2. The van der Waals surface area contributed by atoms with Crippen molar-refractivity contribution in [2.24, 2.45) is 17.8 Å². The summed E-state index contributed by atoms with van der Waals surface area (Å²) >= 11 is 0. The van der Waals surface area contributed by atoms with E-state index in [1.165, 1.54) is 263 Å². The van der Waals surface area contributed by atoms with Crippen LogP contribution in [0.15, 0.2) is 0 Å². The second-order valence-electron chi connectivity index (χ2n) is 32.4. The van der Waals surface area contributed by atoms with Crippen LogP contribution in [-0.4, -0.2) is 96.7 Å². The van der Waals surface area contributed by atoms with Gasteiger partial charge in [-0.1, -0.05) is 402 Å². The van der Waals surface area contributed by atoms with Crippen LogP contribution in [0.2, 0.25) is 0 Å². The van der Waals surface area contributed by atoms with E-state index in [2.05, 4.69) is 48.5 Å². The molecule has 17 nitrogen and oxygen atoms in total. The molecule has 0 saturated carbocycles. The molecule has 0 bridgehead atoms. The predicted octanol–water partition coefficient (Wildman–Crippen LogP) is 26.1. The lowest BCUT2D eigenvalue weighted by Crippen LogP contribution is -2.30. The molecule has 624 valence electrons. The number of aliphatic hydroxyl groups is 1. The smallest absolute Gasteiger partial charge is 0.462 e. The first-order valence-electron chi connectivity index (χ1n) is 44.3. The highest BCUT2D eigenvalue weighted by molar-refractivity contribution is 7.47. The van der Waals surface area contributed by atoms with E-state index in [0.29, 0.717) is 25.7 Å². The lowest BCUT2D eigenvalue weighted by molar-refractivity contribution is -0.161. The van der Waals surface area contributed by atoms with Gasteiger partial charge in [-0.05, 0) is 43.4 Å². The Morgan fingerprint density at radius 3 is 0.648 bits per heavy atom. The van der Waals surface area contributed by atoms with Gasteiger partial charge in [-0.25, -0.2) is 9.13 Å². The third-order valence-electron chi connectivity index (χ3n) is 20.1. The molecule has 0 aliphatic heterocycles. The molecule has 0 aromatic rings. The van der Waals surface area contributed by atoms with Crippen LogP contribution in [0.5, 0.6) is 0 Å². The van der Waals surface area contributed by atoms with Gasteiger partial charge in [0.1, 0.15) is 19.3 Å². The molecule has 0 rings (SSSR count). The molecular formula is C86H168O17P2. The van der Waals surface area contributed by atoms with Gasteiger partial charge in [-0.15, -0.1) is 0 Å². The van der Waals surface area contributed by atoms with Gasteiger partial charge in [-0.3, -0.25) is 37.3 Å². The second-order valence-corrected chi connectivity index (χ2v) is 35.3. The largest absolute Gasteiger partial charge is 0.472 e. The van der Waals surface area contributed by atoms with Gasteiger partial charge in [-0.2, -0.15) is 0 Å². The summed E-state index contributed by atoms with van der Waals surface area (Å²) in [6.07, 6.45) is 66.6. The molecule has 5 atom stereocenters. The summed E-state index contributed by atoms with van der Waals surface area (Å²) in [6.45, 7) is 12.0. The minimum Gasteiger partial charge on any atom is -0.462 e. The Morgan fingerprint density at radius 1 is 0.257 bits per heavy atom. The molecule has 0 radical (unpaired) electrons. The van der Waals surface area contributed by atoms with Crippen molar-refractivity contribution in [1.29, 1.82) is 0 Å². The average Bonchev–Trinajstić information content (AvgIpc) is 0.907. The summed E-state index contributed by atoms with van der Waals surface area (Å²) in [5.74, 6) is 0.233. The summed E-state index contributed by atoms with van der Waals surface area (Å²) in [7, 11) is -9.93. The number of hydrogen-bond donors (Lipinski definition) is 3. The van der Waals surface area contributed by atoms with E-state index in [-0.39, 0.29) is 25.7 Å². The molecule has 0 saturated heterocycles. The van der Waals surface area contributed by atoms with Crippen LogP contribution < -0.4 is 0 Å². The fraction of sp³-hybridized carbons (Fsp3) is 0.953. The van der Waals surface area contributed by atoms with Crippen molar-refractivity contribution in [3.63, 3.8) is 0 Å². The van der Waals surface area contributed by atoms with Crippen molar-refractivity contribution < 1.29 is 80.2 Å². The van der Waals surface area contributed by atoms with Crippen LogP contribution in [0.1, 0.15) is 453 Å². The molecule has 0 aromatic heterocycles. The van der Waals surface area contributed by atoms with Crippen LogP contribution in [-0.2, 0) is 65.4 Å². The summed E-state index contributed by atoms with van der Waals surface area (Å²) in [5, 5.41) is 10.7. The topological polar surface area (TPSA) is 237 Å². The van der Waals surface area contributed by atoms with E-state index in [1.807, 2.05) is 0 Å². The zero-order valence-electron chi connectivity index (χ0n) is 69.2. The molecule has 0 fully saturated rings. The van der Waals surface area contributed by atoms with E-state index >= 15 is 0 Å². The van der Waals surface area contributed by atoms with Gasteiger partial charge in [0.05, 0.1) is 26.4 Å². The molecule has 3 N–H and O–H groups in total. The van der Waals surface area contributed by atoms with Crippen molar-refractivity contribution in [1.82, 2.24) is 0 Å². The average molecular weight is 1540 g/mol. The van der Waals surface area contributed by atoms with E-state index in [0.717, 1.165) is 108 Å². The number of carbonyl (C=O) groups is 4. The second kappa shape index (κ2) is 76.1. The number of rotatable bonds is 84. The Labute approximate surface area is 645 Å². The Hall–Kier alpha value is -1.94. The van der Waals surface area contributed by atoms with Crippen molar-refractivity contribution in [3.8, 4) is 0 Å². The van der Waals surface area contributed by atoms with Gasteiger partial charge < -0.3 is 33.8 Å². The van der Waals surface area contributed by atoms with Crippen molar-refractivity contribution in [3.05, 3.63) is 0 Å². The van der Waals surface area contributed by atoms with Gasteiger partial charge in [0.15, 0.2) is 12.2 Å². The van der Waals surface area contributed by atoms with Gasteiger partial charge >= 0.3 is 39.5 Å². The number of ether oxygens (including phenoxy) is 4. The molecule has 0 amide bonds. The van der Waals surface area contributed by atoms with Crippen LogP contribution in [0.25, 0.3) is 0 Å². The van der Waals surface area contributed by atoms with Crippen molar-refractivity contribution in [2.45, 2.75) is 471 Å². The van der Waals surface area contributed by atoms with E-state index in [4.69, 9.17) is 37.0 Å². The quantitative estimate of drug-likeness (QED) is 0.0222. The summed E-state index contributed by atoms with van der Waals surface area (Å²) in [6, 6.07) is 0. The minimum absolute atomic E-state index is 0.107. The molecule has 0 heterocycles. The van der Waals surface area contributed by atoms with Gasteiger partial charge in [0, 0.05) is 25.7 Å². The first-order valence-corrected chi connectivity index (χ1v) is 47.3. The predicted molar refractivity (Wildman–Crippen MR) is 432 cm³/mol. The monoisotopic (exact) mass is 1540 g/mol. The molecule has 105 heavy (non-hydrogen) atoms. The van der Waals surface area contributed by atoms with Crippen LogP contribution in [0.3, 0.4) is 0 Å². The van der Waals surface area contributed by atoms with Crippen LogP contribution >= 0.6 is 15.6 Å². The van der Waals surface area contributed by atoms with E-state index < -0.39 is 97.5 Å². The normalized spacial score (nSPS) is 13.9. The fourth-order valence-corrected chi connectivity index (χ4v) is 14.9. The van der Waals surface area contributed by atoms with Crippen molar-refractivity contribution in [2.75, 3.05) is 39.6 Å². The molecular weight excluding hydrogens is 1370 g/mol. The summed E-state index contributed by atoms with van der Waals surface area (Å²) < 4.78 is 68.9. The number of unbranched alkanes of at least 4 members (excludes halogenated alkanes) is 52. The fourth-order valence-electron chi connectivity index (χ4n) is 13.4. The standard InChI is InChI=1S/C86H168O17P2/c1-8-9-10-11-12-13-14-15-16-17-18-19-22-28-33-40-48-55-62-69-85(90)102-81(73-96-83(88)67-60-53-46-39-32-27-23-20-21-25-30-36-43-50-57-64-77(2)3)75-100-104(92,93)98-71-80(87)72-99-105(94,95)101-76-82(74-97-84(89)68-61-54-47-42-35-38-45-52-59-66-79(6)7)103-86(91)70-63-56-49-41-34-29-24-26-31-37-44-51-58-65-78(4)5/h77-82,87H,8-76H2,1-7H3,(H,92,93)(H,94,95)/t80-,81-,82-/m1/s1. The zero-order valence-corrected chi connectivity index (χ0v) is 71.0. The van der Waals surface area contributed by atoms with Crippen LogP contribution in [0.4, 0.5) is 0 Å². The molecule has 0 aromatic carbocycles. The van der Waals surface area contributed by atoms with E-state index in [9.17, 15) is 43.2 Å². The number of aliphatic hydroxyl groups excluding tert-OH is 1. The maximum atomic E-state index is 13.1. The lowest BCUT2D eigenvalue weighted by Gasteiger charge is -2.21. The summed E-state index contributed by atoms with van der Waals surface area (Å²) in [4.78, 5) is 73.3. The van der Waals surface area contributed by atoms with Gasteiger partial charge in [0.2, 0.25) is 0 Å². The highest BCUT2D eigenvalue weighted by Crippen LogP contribution is 2.45. The summed E-state index contributed by atoms with van der Waals surface area (Å²) in [5.41, 5.74) is 0. The Morgan fingerprint density at radius 2 is 0.438 bits per heavy atom. The number of hydrogen-bond acceptors (Lipinski definition) is 15. The number of phosphoric acid groups is 2. The molecule has 19 heteroatoms. The van der Waals surface area contributed by atoms with Crippen LogP contribution in [0, 0.1) is 17.8 Å². The maximum Gasteiger partial charge on any atom is 0.472 e. The van der Waals surface area contributed by atoms with E-state index in [1.54, 1.807) is 0 Å². The highest BCUT2D eigenvalue weighted by atomic mass is 31.2. The third kappa shape index (κ3) is 79.9. The molecule has 0 aliphatic carbocycles. The first-order chi connectivity index (χ1) is 50.7. The Bertz CT molecular complexity index is 2030. The Kier molecular flexibility index (Phi) is 74.7. The van der Waals surface area contributed by atoms with Gasteiger partial charge in [0.25, 0.3) is 0 Å². The number of esters is 4. The van der Waals surface area contributed by atoms with Crippen molar-refractivity contribution >= 4 is 39.5 Å². The molecule has 2 unspecified atom stereocenters. The molecule has 0 spiro atoms. The lowest BCUT2D eigenvalue weighted by atomic mass is 10.0. The number of carbonyl (C=O) groups excluding carboxylic acids is 4. The zero-order chi connectivity index (χ0) is 77.2. The highest BCUT2D eigenvalue weighted by Gasteiger charge is 2.30. The SMILES string of the molecule is CCCCCCCCCCCCCCCCCCCCCC(=O)O[C@H](COC(=O)CCCCCCCCCCCCCCCCCC(C)C)COP(=O)(O)OC[C@@H](O)COP(=O)(O)OC[C@@H](COC(=O)CCCCCCCCCCCC(C)C)OC(=O)CCCCCCCCCCCCCCCC(C)C. The third-order valence-corrected chi connectivity index (χ3v) is 22.0. The molecule has 0 aliphatic rings. The maximum absolute atomic E-state index is 13.1. The Balaban J connectivity index is 5.26.